The van der Waals surface area contributed by atoms with E-state index in [9.17, 15) is 9.59 Å². The van der Waals surface area contributed by atoms with Gasteiger partial charge in [-0.2, -0.15) is 0 Å². The summed E-state index contributed by atoms with van der Waals surface area (Å²) >= 11 is 0. The molecular formula is C6H11N3O3. The SMILES string of the molecule is COC(=O)N1CC(N)(C(N)=O)C1. The molecule has 1 fully saturated rings. The van der Waals surface area contributed by atoms with Crippen molar-refractivity contribution in [3.63, 3.8) is 0 Å². The van der Waals surface area contributed by atoms with Gasteiger partial charge in [-0.1, -0.05) is 0 Å². The fraction of sp³-hybridized carbons (Fsp3) is 0.667. The second-order valence-electron chi connectivity index (χ2n) is 2.85. The van der Waals surface area contributed by atoms with Gasteiger partial charge in [-0.05, 0) is 0 Å². The number of ether oxygens (including phenoxy) is 1. The number of primary amides is 1. The molecule has 4 N–H and O–H groups in total. The van der Waals surface area contributed by atoms with Crippen LogP contribution in [0.25, 0.3) is 0 Å². The van der Waals surface area contributed by atoms with E-state index in [2.05, 4.69) is 4.74 Å². The van der Waals surface area contributed by atoms with Crippen LogP contribution in [0.2, 0.25) is 0 Å². The van der Waals surface area contributed by atoms with E-state index in [0.717, 1.165) is 0 Å². The normalized spacial score (nSPS) is 19.7. The van der Waals surface area contributed by atoms with Gasteiger partial charge in [0.1, 0.15) is 5.54 Å². The lowest BCUT2D eigenvalue weighted by Gasteiger charge is -2.43. The monoisotopic (exact) mass is 173 g/mol. The second-order valence-corrected chi connectivity index (χ2v) is 2.85. The van der Waals surface area contributed by atoms with Crippen molar-refractivity contribution >= 4 is 12.0 Å². The summed E-state index contributed by atoms with van der Waals surface area (Å²) in [6.45, 7) is 0.268. The van der Waals surface area contributed by atoms with Crippen molar-refractivity contribution in [3.05, 3.63) is 0 Å². The number of nitrogens with zero attached hydrogens (tertiary/aromatic N) is 1. The maximum atomic E-state index is 10.8. The zero-order valence-electron chi connectivity index (χ0n) is 6.74. The Bertz CT molecular complexity index is 222. The van der Waals surface area contributed by atoms with Crippen LogP contribution < -0.4 is 11.5 Å². The number of amides is 2. The van der Waals surface area contributed by atoms with Crippen molar-refractivity contribution in [1.29, 1.82) is 0 Å². The Morgan fingerprint density at radius 3 is 2.33 bits per heavy atom. The first-order chi connectivity index (χ1) is 5.49. The van der Waals surface area contributed by atoms with Crippen molar-refractivity contribution in [3.8, 4) is 0 Å². The maximum Gasteiger partial charge on any atom is 0.409 e. The predicted molar refractivity (Wildman–Crippen MR) is 40.1 cm³/mol. The number of methoxy groups -OCH3 is 1. The van der Waals surface area contributed by atoms with Crippen molar-refractivity contribution in [2.45, 2.75) is 5.54 Å². The Morgan fingerprint density at radius 1 is 1.50 bits per heavy atom. The molecule has 6 heteroatoms. The molecule has 0 aliphatic carbocycles. The van der Waals surface area contributed by atoms with Crippen LogP contribution in [-0.2, 0) is 9.53 Å². The van der Waals surface area contributed by atoms with E-state index in [1.165, 1.54) is 12.0 Å². The van der Waals surface area contributed by atoms with Gasteiger partial charge in [-0.3, -0.25) is 4.79 Å². The lowest BCUT2D eigenvalue weighted by atomic mass is 9.91. The van der Waals surface area contributed by atoms with E-state index in [1.54, 1.807) is 0 Å². The summed E-state index contributed by atoms with van der Waals surface area (Å²) in [5.74, 6) is -0.595. The number of hydrogen-bond donors (Lipinski definition) is 2. The summed E-state index contributed by atoms with van der Waals surface area (Å²) in [6, 6.07) is 0. The molecule has 0 saturated carbocycles. The zero-order valence-corrected chi connectivity index (χ0v) is 6.74. The fourth-order valence-corrected chi connectivity index (χ4v) is 1.05. The number of hydrogen-bond acceptors (Lipinski definition) is 4. The fourth-order valence-electron chi connectivity index (χ4n) is 1.05. The number of nitrogens with two attached hydrogens (primary N) is 2. The molecule has 0 aromatic carbocycles. The van der Waals surface area contributed by atoms with Crippen molar-refractivity contribution in [1.82, 2.24) is 4.90 Å². The Balaban J connectivity index is 2.47. The molecule has 0 bridgehead atoms. The molecule has 12 heavy (non-hydrogen) atoms. The Hall–Kier alpha value is -1.30. The van der Waals surface area contributed by atoms with Gasteiger partial charge in [0.05, 0.1) is 20.2 Å². The highest BCUT2D eigenvalue weighted by Gasteiger charge is 2.47. The van der Waals surface area contributed by atoms with Gasteiger partial charge in [-0.25, -0.2) is 4.79 Å². The Kier molecular flexibility index (Phi) is 1.93. The zero-order chi connectivity index (χ0) is 9.35. The van der Waals surface area contributed by atoms with E-state index in [4.69, 9.17) is 11.5 Å². The van der Waals surface area contributed by atoms with Gasteiger partial charge < -0.3 is 21.1 Å². The smallest absolute Gasteiger partial charge is 0.409 e. The largest absolute Gasteiger partial charge is 0.453 e. The molecule has 0 atom stereocenters. The average Bonchev–Trinajstić information content (AvgIpc) is 1.96. The van der Waals surface area contributed by atoms with Gasteiger partial charge in [0.2, 0.25) is 5.91 Å². The van der Waals surface area contributed by atoms with Gasteiger partial charge in [0.25, 0.3) is 0 Å². The molecule has 68 valence electrons. The van der Waals surface area contributed by atoms with Crippen LogP contribution in [0.4, 0.5) is 4.79 Å². The first-order valence-electron chi connectivity index (χ1n) is 3.41. The summed E-state index contributed by atoms with van der Waals surface area (Å²) in [7, 11) is 1.27. The summed E-state index contributed by atoms with van der Waals surface area (Å²) in [5, 5.41) is 0. The number of rotatable bonds is 1. The molecule has 1 aliphatic heterocycles. The summed E-state index contributed by atoms with van der Waals surface area (Å²) in [6.07, 6.45) is -0.489. The average molecular weight is 173 g/mol. The molecule has 1 heterocycles. The molecule has 0 spiro atoms. The summed E-state index contributed by atoms with van der Waals surface area (Å²) in [4.78, 5) is 22.8. The van der Waals surface area contributed by atoms with E-state index >= 15 is 0 Å². The topological polar surface area (TPSA) is 98.7 Å². The van der Waals surface area contributed by atoms with Gasteiger partial charge in [0, 0.05) is 0 Å². The molecule has 1 rings (SSSR count). The molecule has 1 aliphatic rings. The molecule has 1 saturated heterocycles. The van der Waals surface area contributed by atoms with E-state index in [0.29, 0.717) is 0 Å². The highest BCUT2D eigenvalue weighted by Crippen LogP contribution is 2.17. The summed E-state index contributed by atoms with van der Waals surface area (Å²) in [5.41, 5.74) is 9.44. The van der Waals surface area contributed by atoms with E-state index in [-0.39, 0.29) is 13.1 Å². The molecule has 0 aromatic heterocycles. The molecular weight excluding hydrogens is 162 g/mol. The quantitative estimate of drug-likeness (QED) is 0.491. The minimum Gasteiger partial charge on any atom is -0.453 e. The standard InChI is InChI=1S/C6H11N3O3/c1-12-5(11)9-2-6(8,3-9)4(7)10/h2-3,8H2,1H3,(H2,7,10). The molecule has 6 nitrogen and oxygen atoms in total. The molecule has 2 amide bonds. The van der Waals surface area contributed by atoms with Crippen molar-refractivity contribution in [2.24, 2.45) is 11.5 Å². The molecule has 0 aromatic rings. The van der Waals surface area contributed by atoms with Gasteiger partial charge in [-0.15, -0.1) is 0 Å². The van der Waals surface area contributed by atoms with Crippen molar-refractivity contribution < 1.29 is 14.3 Å². The summed E-state index contributed by atoms with van der Waals surface area (Å²) < 4.78 is 4.41. The van der Waals surface area contributed by atoms with Crippen LogP contribution in [0.5, 0.6) is 0 Å². The predicted octanol–water partition coefficient (Wildman–Crippen LogP) is -1.75. The van der Waals surface area contributed by atoms with Crippen LogP contribution >= 0.6 is 0 Å². The first-order valence-corrected chi connectivity index (χ1v) is 3.41. The van der Waals surface area contributed by atoms with Gasteiger partial charge >= 0.3 is 6.09 Å². The third-order valence-corrected chi connectivity index (χ3v) is 1.87. The third kappa shape index (κ3) is 1.20. The highest BCUT2D eigenvalue weighted by atomic mass is 16.5. The van der Waals surface area contributed by atoms with Crippen LogP contribution in [0, 0.1) is 0 Å². The lowest BCUT2D eigenvalue weighted by molar-refractivity contribution is -0.128. The highest BCUT2D eigenvalue weighted by molar-refractivity contribution is 5.88. The number of carbonyl (C=O) groups is 2. The lowest BCUT2D eigenvalue weighted by Crippen LogP contribution is -2.74. The second kappa shape index (κ2) is 2.63. The van der Waals surface area contributed by atoms with Crippen LogP contribution in [0.15, 0.2) is 0 Å². The molecule has 0 unspecified atom stereocenters. The van der Waals surface area contributed by atoms with Crippen LogP contribution in [0.1, 0.15) is 0 Å². The van der Waals surface area contributed by atoms with E-state index < -0.39 is 17.5 Å². The van der Waals surface area contributed by atoms with E-state index in [1.807, 2.05) is 0 Å². The number of likely N-dealkylation sites (tertiary alicyclic amines) is 1. The van der Waals surface area contributed by atoms with Crippen LogP contribution in [-0.4, -0.2) is 42.6 Å². The first kappa shape index (κ1) is 8.79. The minimum atomic E-state index is -1.06. The van der Waals surface area contributed by atoms with Crippen LogP contribution in [0.3, 0.4) is 0 Å². The molecule has 0 radical (unpaired) electrons. The minimum absolute atomic E-state index is 0.134. The Morgan fingerprint density at radius 2 is 2.00 bits per heavy atom. The maximum absolute atomic E-state index is 10.8. The third-order valence-electron chi connectivity index (χ3n) is 1.87. The Labute approximate surface area is 69.4 Å². The van der Waals surface area contributed by atoms with Crippen molar-refractivity contribution in [2.75, 3.05) is 20.2 Å². The van der Waals surface area contributed by atoms with Gasteiger partial charge in [0.15, 0.2) is 0 Å². The number of carbonyl (C=O) groups excluding carboxylic acids is 2.